The molecule has 0 aromatic heterocycles. The van der Waals surface area contributed by atoms with Gasteiger partial charge in [0.2, 0.25) is 0 Å². The molecule has 0 saturated carbocycles. The quantitative estimate of drug-likeness (QED) is 0.375. The molecule has 3 aliphatic heterocycles. The molecule has 94 valence electrons. The van der Waals surface area contributed by atoms with Crippen molar-refractivity contribution in [1.29, 1.82) is 0 Å². The second-order valence-electron chi connectivity index (χ2n) is 3.75. The van der Waals surface area contributed by atoms with Crippen LogP contribution in [0, 0.1) is 11.5 Å². The molecule has 0 aromatic carbocycles. The van der Waals surface area contributed by atoms with E-state index in [0.717, 1.165) is 19.6 Å². The Morgan fingerprint density at radius 3 is 2.24 bits per heavy atom. The topological polar surface area (TPSA) is 40.2 Å². The van der Waals surface area contributed by atoms with Gasteiger partial charge in [-0.2, -0.15) is 0 Å². The van der Waals surface area contributed by atoms with Crippen molar-refractivity contribution in [2.24, 2.45) is 0 Å². The second-order valence-corrected chi connectivity index (χ2v) is 5.98. The van der Waals surface area contributed by atoms with Crippen LogP contribution in [0.1, 0.15) is 0 Å². The minimum atomic E-state index is -2.77. The van der Waals surface area contributed by atoms with E-state index < -0.39 is 8.80 Å². The maximum absolute atomic E-state index is 5.73. The summed E-state index contributed by atoms with van der Waals surface area (Å²) in [6.07, 6.45) is 3.15. The van der Waals surface area contributed by atoms with Gasteiger partial charge < -0.3 is 18.0 Å². The lowest BCUT2D eigenvalue weighted by atomic mass is 10.4. The molecule has 3 saturated heterocycles. The van der Waals surface area contributed by atoms with Crippen LogP contribution in [-0.4, -0.2) is 60.3 Å². The first-order chi connectivity index (χ1) is 8.35. The van der Waals surface area contributed by atoms with Crippen molar-refractivity contribution >= 4 is 8.80 Å². The predicted molar refractivity (Wildman–Crippen MR) is 64.0 cm³/mol. The zero-order valence-electron chi connectivity index (χ0n) is 9.98. The molecule has 17 heavy (non-hydrogen) atoms. The van der Waals surface area contributed by atoms with E-state index in [1.165, 1.54) is 6.26 Å². The van der Waals surface area contributed by atoms with Crippen LogP contribution in [0.4, 0.5) is 0 Å². The first kappa shape index (κ1) is 12.6. The van der Waals surface area contributed by atoms with Gasteiger partial charge in [0, 0.05) is 25.7 Å². The second kappa shape index (κ2) is 6.19. The average Bonchev–Trinajstić information content (AvgIpc) is 2.25. The van der Waals surface area contributed by atoms with Crippen molar-refractivity contribution in [2.75, 3.05) is 46.6 Å². The third-order valence-electron chi connectivity index (χ3n) is 2.61. The van der Waals surface area contributed by atoms with Gasteiger partial charge >= 0.3 is 8.80 Å². The fraction of sp³-hybridized carbons (Fsp3) is 0.636. The van der Waals surface area contributed by atoms with Crippen LogP contribution < -0.4 is 0 Å². The molecule has 6 heteroatoms. The number of fused-ring (bicyclic) bond motifs is 6. The van der Waals surface area contributed by atoms with E-state index in [4.69, 9.17) is 18.0 Å². The Balaban J connectivity index is 2.07. The van der Waals surface area contributed by atoms with Crippen LogP contribution in [0.25, 0.3) is 0 Å². The summed E-state index contributed by atoms with van der Waals surface area (Å²) in [6.45, 7) is 4.64. The number of rotatable bonds is 1. The highest BCUT2D eigenvalue weighted by Gasteiger charge is 2.43. The van der Waals surface area contributed by atoms with Gasteiger partial charge in [0.05, 0.1) is 33.2 Å². The normalized spacial score (nSPS) is 33.4. The number of methoxy groups -OCH3 is 1. The van der Waals surface area contributed by atoms with Crippen LogP contribution in [0.3, 0.4) is 0 Å². The molecule has 0 atom stereocenters. The van der Waals surface area contributed by atoms with Gasteiger partial charge in [-0.25, -0.2) is 0 Å². The fourth-order valence-electron chi connectivity index (χ4n) is 1.73. The van der Waals surface area contributed by atoms with Crippen molar-refractivity contribution in [1.82, 2.24) is 4.90 Å². The highest BCUT2D eigenvalue weighted by Crippen LogP contribution is 2.14. The molecule has 3 aliphatic rings. The van der Waals surface area contributed by atoms with Crippen molar-refractivity contribution in [3.8, 4) is 11.5 Å². The van der Waals surface area contributed by atoms with Gasteiger partial charge in [0.15, 0.2) is 0 Å². The molecular weight excluding hydrogens is 238 g/mol. The Morgan fingerprint density at radius 2 is 1.71 bits per heavy atom. The van der Waals surface area contributed by atoms with Gasteiger partial charge in [-0.05, 0) is 5.54 Å². The van der Waals surface area contributed by atoms with Gasteiger partial charge in [-0.3, -0.25) is 4.90 Å². The molecule has 3 fully saturated rings. The van der Waals surface area contributed by atoms with Gasteiger partial charge in [0.1, 0.15) is 0 Å². The van der Waals surface area contributed by atoms with Crippen molar-refractivity contribution in [2.45, 2.75) is 0 Å². The lowest BCUT2D eigenvalue weighted by molar-refractivity contribution is 0.00215. The number of ether oxygens (including phenoxy) is 1. The molecule has 5 nitrogen and oxygen atoms in total. The number of nitrogens with zero attached hydrogens (tertiary/aromatic N) is 1. The van der Waals surface area contributed by atoms with Crippen LogP contribution in [-0.2, 0) is 18.0 Å². The van der Waals surface area contributed by atoms with Crippen molar-refractivity contribution in [3.05, 3.63) is 12.3 Å². The fourth-order valence-corrected chi connectivity index (χ4v) is 3.53. The molecule has 0 radical (unpaired) electrons. The molecule has 0 aliphatic carbocycles. The SMILES string of the molecule is CO/C=C\C#C[Si]12OCCN(CCO1)CCO2. The summed E-state index contributed by atoms with van der Waals surface area (Å²) >= 11 is 0. The monoisotopic (exact) mass is 255 g/mol. The summed E-state index contributed by atoms with van der Waals surface area (Å²) < 4.78 is 22.0. The standard InChI is InChI=1S/C11H17NO4Si/c1-13-7-2-3-11-17-14-8-4-12(5-9-15-17)6-10-16-17/h2,7H,4-6,8-10H2,1H3/b7-2-. The minimum absolute atomic E-state index is 0.620. The van der Waals surface area contributed by atoms with Crippen molar-refractivity contribution < 1.29 is 18.0 Å². The zero-order chi connectivity index (χ0) is 12.0. The summed E-state index contributed by atoms with van der Waals surface area (Å²) in [5, 5.41) is 0. The summed E-state index contributed by atoms with van der Waals surface area (Å²) in [5.74, 6) is 2.86. The highest BCUT2D eigenvalue weighted by molar-refractivity contribution is 6.69. The first-order valence-corrected chi connectivity index (χ1v) is 7.42. The molecule has 2 bridgehead atoms. The van der Waals surface area contributed by atoms with Gasteiger partial charge in [-0.15, -0.1) is 0 Å². The van der Waals surface area contributed by atoms with E-state index in [0.29, 0.717) is 19.8 Å². The Kier molecular flexibility index (Phi) is 4.59. The summed E-state index contributed by atoms with van der Waals surface area (Å²) in [6, 6.07) is 0. The van der Waals surface area contributed by atoms with E-state index in [1.807, 2.05) is 0 Å². The summed E-state index contributed by atoms with van der Waals surface area (Å²) in [7, 11) is -1.19. The summed E-state index contributed by atoms with van der Waals surface area (Å²) in [5.41, 5.74) is 3.00. The van der Waals surface area contributed by atoms with E-state index in [1.54, 1.807) is 13.2 Å². The van der Waals surface area contributed by atoms with Gasteiger partial charge in [0.25, 0.3) is 0 Å². The molecule has 0 aromatic rings. The Bertz CT molecular complexity index is 310. The van der Waals surface area contributed by atoms with E-state index >= 15 is 0 Å². The third-order valence-corrected chi connectivity index (χ3v) is 4.81. The zero-order valence-corrected chi connectivity index (χ0v) is 11.0. The predicted octanol–water partition coefficient (Wildman–Crippen LogP) is 0.00700. The van der Waals surface area contributed by atoms with E-state index in [2.05, 4.69) is 16.4 Å². The number of hydrogen-bond acceptors (Lipinski definition) is 5. The molecule has 3 heterocycles. The van der Waals surface area contributed by atoms with E-state index in [9.17, 15) is 0 Å². The Labute approximate surface area is 103 Å². The van der Waals surface area contributed by atoms with Crippen LogP contribution in [0.2, 0.25) is 0 Å². The number of hydrogen-bond donors (Lipinski definition) is 0. The summed E-state index contributed by atoms with van der Waals surface area (Å²) in [4.78, 5) is 2.27. The minimum Gasteiger partial charge on any atom is -0.504 e. The average molecular weight is 255 g/mol. The third kappa shape index (κ3) is 3.56. The van der Waals surface area contributed by atoms with Crippen LogP contribution in [0.5, 0.6) is 0 Å². The van der Waals surface area contributed by atoms with Crippen LogP contribution in [0.15, 0.2) is 12.3 Å². The maximum atomic E-state index is 5.73. The molecular formula is C11H17NO4Si. The molecule has 0 N–H and O–H groups in total. The number of allylic oxidation sites excluding steroid dienone is 1. The van der Waals surface area contributed by atoms with E-state index in [-0.39, 0.29) is 0 Å². The Morgan fingerprint density at radius 1 is 1.12 bits per heavy atom. The molecule has 0 spiro atoms. The smallest absolute Gasteiger partial charge is 0.504 e. The van der Waals surface area contributed by atoms with Gasteiger partial charge in [-0.1, -0.05) is 5.92 Å². The molecule has 0 amide bonds. The highest BCUT2D eigenvalue weighted by atomic mass is 28.4. The van der Waals surface area contributed by atoms with Crippen LogP contribution >= 0.6 is 0 Å². The first-order valence-electron chi connectivity index (χ1n) is 5.69. The van der Waals surface area contributed by atoms with Crippen molar-refractivity contribution in [3.63, 3.8) is 0 Å². The molecule has 3 rings (SSSR count). The molecule has 0 unspecified atom stereocenters. The lowest BCUT2D eigenvalue weighted by Gasteiger charge is -2.35. The maximum Gasteiger partial charge on any atom is 0.592 e. The lowest BCUT2D eigenvalue weighted by Crippen LogP contribution is -2.54. The Hall–Kier alpha value is -0.843. The largest absolute Gasteiger partial charge is 0.592 e.